The number of hydrogen-bond donors (Lipinski definition) is 0. The Morgan fingerprint density at radius 3 is 2.29 bits per heavy atom. The number of benzene rings is 3. The Morgan fingerprint density at radius 1 is 0.971 bits per heavy atom. The van der Waals surface area contributed by atoms with Crippen LogP contribution in [0.15, 0.2) is 80.8 Å². The Hall–Kier alpha value is -1.47. The van der Waals surface area contributed by atoms with Crippen molar-refractivity contribution in [3.05, 3.63) is 76.8 Å². The van der Waals surface area contributed by atoms with Crippen LogP contribution in [-0.4, -0.2) is 30.6 Å². The molecule has 3 aromatic rings. The van der Waals surface area contributed by atoms with Gasteiger partial charge in [-0.15, -0.1) is 5.11 Å². The predicted molar refractivity (Wildman–Crippen MR) is 109 cm³/mol. The molecule has 10 nitrogen and oxygen atoms in total. The van der Waals surface area contributed by atoms with Crippen molar-refractivity contribution in [3.63, 3.8) is 0 Å². The smallest absolute Gasteiger partial charge is 0.872 e. The Morgan fingerprint density at radius 2 is 1.65 bits per heavy atom. The van der Waals surface area contributed by atoms with E-state index in [2.05, 4.69) is 15.2 Å². The minimum absolute atomic E-state index is 0. The average Bonchev–Trinajstić information content (AvgIpc) is 2.72. The second-order valence-electron chi connectivity index (χ2n) is 6.05. The van der Waals surface area contributed by atoms with E-state index in [-0.39, 0.29) is 107 Å². The van der Waals surface area contributed by atoms with Crippen LogP contribution in [0.1, 0.15) is 15.9 Å². The van der Waals surface area contributed by atoms with Gasteiger partial charge in [0.25, 0.3) is 0 Å². The predicted octanol–water partition coefficient (Wildman–Crippen LogP) is -0.328. The number of para-hydroxylation sites is 1. The molecule has 3 rings (SSSR count). The molecule has 0 saturated carbocycles. The summed E-state index contributed by atoms with van der Waals surface area (Å²) in [6, 6.07) is 13.0. The Balaban J connectivity index is 0.00000363. The first kappa shape index (κ1) is 32.5. The molecule has 0 atom stereocenters. The molecule has 1 N–H and O–H groups in total. The molecule has 0 aliphatic heterocycles. The molecule has 0 aliphatic rings. The maximum Gasteiger partial charge on any atom is 3.00 e. The van der Waals surface area contributed by atoms with Gasteiger partial charge in [-0.05, 0) is 42.0 Å². The monoisotopic (exact) mass is 564 g/mol. The molecule has 1 radical (unpaired) electrons. The molecule has 0 spiro atoms. The van der Waals surface area contributed by atoms with Gasteiger partial charge in [-0.1, -0.05) is 41.6 Å². The quantitative estimate of drug-likeness (QED) is 0.169. The van der Waals surface area contributed by atoms with Crippen LogP contribution < -0.4 is 61.6 Å². The second-order valence-corrected chi connectivity index (χ2v) is 7.84. The van der Waals surface area contributed by atoms with E-state index in [0.717, 1.165) is 12.1 Å². The SMILES string of the molecule is O=C([O-])c1ccccc1N=Cc1cc(N=Nc2cc(S(=O)(=O)[O-])ccc2Cl)ccc1[O-].[Cr+3].[K+].[OH-]. The van der Waals surface area contributed by atoms with Gasteiger partial charge in [0, 0.05) is 11.8 Å². The van der Waals surface area contributed by atoms with Gasteiger partial charge >= 0.3 is 68.7 Å². The molecule has 34 heavy (non-hydrogen) atoms. The Bertz CT molecular complexity index is 1340. The largest absolute Gasteiger partial charge is 3.00 e. The first-order valence-corrected chi connectivity index (χ1v) is 10.3. The first-order chi connectivity index (χ1) is 14.6. The summed E-state index contributed by atoms with van der Waals surface area (Å²) in [5.74, 6) is -1.80. The molecular formula is C20H12ClCrKN3O7S. The summed E-state index contributed by atoms with van der Waals surface area (Å²) < 4.78 is 33.4. The van der Waals surface area contributed by atoms with E-state index in [1.807, 2.05) is 0 Å². The molecule has 14 heteroatoms. The van der Waals surface area contributed by atoms with Crippen LogP contribution >= 0.6 is 11.6 Å². The van der Waals surface area contributed by atoms with Gasteiger partial charge < -0.3 is 25.0 Å². The van der Waals surface area contributed by atoms with E-state index in [1.165, 1.54) is 48.7 Å². The number of carboxylic acid groups (broad SMARTS) is 1. The van der Waals surface area contributed by atoms with Crippen LogP contribution in [0.3, 0.4) is 0 Å². The van der Waals surface area contributed by atoms with Gasteiger partial charge in [0.15, 0.2) is 0 Å². The number of halogens is 1. The maximum atomic E-state index is 12.1. The molecule has 0 aromatic heterocycles. The zero-order valence-corrected chi connectivity index (χ0v) is 23.3. The fourth-order valence-corrected chi connectivity index (χ4v) is 3.08. The van der Waals surface area contributed by atoms with Crippen molar-refractivity contribution in [2.45, 2.75) is 4.90 Å². The van der Waals surface area contributed by atoms with Crippen LogP contribution in [0.2, 0.25) is 5.02 Å². The number of azo groups is 1. The third kappa shape index (κ3) is 8.63. The zero-order valence-electron chi connectivity index (χ0n) is 17.3. The van der Waals surface area contributed by atoms with Crippen molar-refractivity contribution in [3.8, 4) is 5.75 Å². The van der Waals surface area contributed by atoms with Gasteiger partial charge in [0.2, 0.25) is 0 Å². The summed E-state index contributed by atoms with van der Waals surface area (Å²) in [5.41, 5.74) is 0.233. The van der Waals surface area contributed by atoms with Gasteiger partial charge in [-0.3, -0.25) is 4.99 Å². The van der Waals surface area contributed by atoms with Crippen LogP contribution in [0.4, 0.5) is 17.1 Å². The molecule has 3 aromatic carbocycles. The van der Waals surface area contributed by atoms with Crippen molar-refractivity contribution < 1.29 is 102 Å². The van der Waals surface area contributed by atoms with E-state index in [1.54, 1.807) is 6.07 Å². The molecule has 0 saturated heterocycles. The molecular weight excluding hydrogens is 553 g/mol. The summed E-state index contributed by atoms with van der Waals surface area (Å²) >= 11 is 5.95. The number of rotatable bonds is 6. The molecule has 0 unspecified atom stereocenters. The number of aliphatic imine (C=N–C) groups is 1. The average molecular weight is 565 g/mol. The summed E-state index contributed by atoms with van der Waals surface area (Å²) in [7, 11) is -4.70. The first-order valence-electron chi connectivity index (χ1n) is 8.48. The fourth-order valence-electron chi connectivity index (χ4n) is 2.43. The van der Waals surface area contributed by atoms with Gasteiger partial charge in [-0.25, -0.2) is 8.42 Å². The number of carbonyl (C=O) groups excluding carboxylic acids is 1. The van der Waals surface area contributed by atoms with Crippen LogP contribution in [0.5, 0.6) is 5.75 Å². The van der Waals surface area contributed by atoms with Crippen LogP contribution in [0, 0.1) is 0 Å². The third-order valence-electron chi connectivity index (χ3n) is 3.94. The molecule has 0 fully saturated rings. The zero-order chi connectivity index (χ0) is 22.6. The fraction of sp³-hybridized carbons (Fsp3) is 0. The second kappa shape index (κ2) is 14.2. The Labute approximate surface area is 253 Å². The molecule has 0 heterocycles. The number of carboxylic acids is 1. The van der Waals surface area contributed by atoms with Crippen molar-refractivity contribution >= 4 is 51.0 Å². The van der Waals surface area contributed by atoms with Crippen LogP contribution in [-0.2, 0) is 27.5 Å². The van der Waals surface area contributed by atoms with Crippen molar-refractivity contribution in [1.82, 2.24) is 0 Å². The number of nitrogens with zero attached hydrogens (tertiary/aromatic N) is 3. The standard InChI is InChI=1S/C20H14ClN3O6S.Cr.K.H2O/c21-16-7-6-14(31(28,29)30)10-18(16)24-23-13-5-8-19(25)12(9-13)11-22-17-4-2-1-3-15(17)20(26)27;;;/h1-11,25H,(H,26,27)(H,28,29,30);;;1H2/q;+3;+1;/p-4. The van der Waals surface area contributed by atoms with Crippen molar-refractivity contribution in [2.75, 3.05) is 0 Å². The van der Waals surface area contributed by atoms with E-state index >= 15 is 0 Å². The maximum absolute atomic E-state index is 12.1. The topological polar surface area (TPSA) is 187 Å². The van der Waals surface area contributed by atoms with E-state index in [9.17, 15) is 28.0 Å². The molecule has 0 aliphatic carbocycles. The molecule has 169 valence electrons. The van der Waals surface area contributed by atoms with Crippen LogP contribution in [0.25, 0.3) is 0 Å². The number of carbonyl (C=O) groups is 1. The minimum atomic E-state index is -4.70. The molecule has 0 bridgehead atoms. The summed E-state index contributed by atoms with van der Waals surface area (Å²) in [4.78, 5) is 14.7. The van der Waals surface area contributed by atoms with Gasteiger partial charge in [-0.2, -0.15) is 5.11 Å². The van der Waals surface area contributed by atoms with Gasteiger partial charge in [0.05, 0.1) is 27.3 Å². The van der Waals surface area contributed by atoms with E-state index in [0.29, 0.717) is 0 Å². The van der Waals surface area contributed by atoms with E-state index in [4.69, 9.17) is 11.6 Å². The Kier molecular flexibility index (Phi) is 13.6. The minimum Gasteiger partial charge on any atom is -0.872 e. The van der Waals surface area contributed by atoms with Crippen molar-refractivity contribution in [2.24, 2.45) is 15.2 Å². The number of aromatic carboxylic acids is 1. The van der Waals surface area contributed by atoms with E-state index < -0.39 is 26.7 Å². The summed E-state index contributed by atoms with van der Waals surface area (Å²) in [6.45, 7) is 0. The van der Waals surface area contributed by atoms with Crippen molar-refractivity contribution in [1.29, 1.82) is 0 Å². The summed E-state index contributed by atoms with van der Waals surface area (Å²) in [5, 5.41) is 31.0. The molecule has 0 amide bonds. The third-order valence-corrected chi connectivity index (χ3v) is 5.09. The summed E-state index contributed by atoms with van der Waals surface area (Å²) in [6.07, 6.45) is 1.18. The normalized spacial score (nSPS) is 10.9. The number of hydrogen-bond acceptors (Lipinski definition) is 10. The van der Waals surface area contributed by atoms with Gasteiger partial charge in [0.1, 0.15) is 15.8 Å².